The van der Waals surface area contributed by atoms with E-state index in [0.717, 1.165) is 30.4 Å². The van der Waals surface area contributed by atoms with Crippen LogP contribution in [0.1, 0.15) is 18.4 Å². The predicted molar refractivity (Wildman–Crippen MR) is 108 cm³/mol. The summed E-state index contributed by atoms with van der Waals surface area (Å²) in [5.41, 5.74) is 1.12. The van der Waals surface area contributed by atoms with Gasteiger partial charge in [0, 0.05) is 31.3 Å². The molecule has 146 valence electrons. The number of thiocarbonyl (C=S) groups is 1. The van der Waals surface area contributed by atoms with Gasteiger partial charge in [0.1, 0.15) is 5.75 Å². The first-order valence-corrected chi connectivity index (χ1v) is 9.46. The maximum Gasteiger partial charge on any atom is 0.253 e. The lowest BCUT2D eigenvalue weighted by molar-refractivity contribution is 0.113. The van der Waals surface area contributed by atoms with Crippen LogP contribution in [0.25, 0.3) is 10.9 Å². The molecule has 2 aromatic rings. The van der Waals surface area contributed by atoms with Crippen molar-refractivity contribution >= 4 is 28.2 Å². The molecule has 1 fully saturated rings. The number of nitrogens with one attached hydrogen (secondary N) is 2. The van der Waals surface area contributed by atoms with Gasteiger partial charge in [0.2, 0.25) is 0 Å². The number of hydrogen-bond donors (Lipinski definition) is 3. The molecule has 0 aliphatic carbocycles. The number of fused-ring (bicyclic) bond motifs is 1. The maximum absolute atomic E-state index is 12.5. The van der Waals surface area contributed by atoms with Crippen LogP contribution >= 0.6 is 12.2 Å². The second-order valence-electron chi connectivity index (χ2n) is 6.54. The van der Waals surface area contributed by atoms with E-state index in [-0.39, 0.29) is 18.3 Å². The van der Waals surface area contributed by atoms with Crippen molar-refractivity contribution in [2.45, 2.75) is 25.5 Å². The molecular weight excluding hydrogens is 366 g/mol. The first kappa shape index (κ1) is 19.6. The topological polar surface area (TPSA) is 86.8 Å². The molecule has 0 amide bonds. The number of ether oxygens (including phenoxy) is 2. The van der Waals surface area contributed by atoms with Crippen LogP contribution in [-0.4, -0.2) is 59.6 Å². The van der Waals surface area contributed by atoms with E-state index in [0.29, 0.717) is 36.1 Å². The summed E-state index contributed by atoms with van der Waals surface area (Å²) in [6, 6.07) is 7.39. The van der Waals surface area contributed by atoms with Crippen LogP contribution in [0.3, 0.4) is 0 Å². The summed E-state index contributed by atoms with van der Waals surface area (Å²) in [6.07, 6.45) is 2.25. The molecule has 3 N–H and O–H groups in total. The van der Waals surface area contributed by atoms with Gasteiger partial charge >= 0.3 is 0 Å². The number of methoxy groups -OCH3 is 1. The highest BCUT2D eigenvalue weighted by molar-refractivity contribution is 7.80. The largest absolute Gasteiger partial charge is 0.497 e. The van der Waals surface area contributed by atoms with E-state index in [4.69, 9.17) is 21.7 Å². The Hall–Kier alpha value is -2.16. The lowest BCUT2D eigenvalue weighted by Gasteiger charge is -2.26. The Morgan fingerprint density at radius 2 is 2.33 bits per heavy atom. The molecule has 3 rings (SSSR count). The summed E-state index contributed by atoms with van der Waals surface area (Å²) >= 11 is 5.47. The number of pyridine rings is 1. The van der Waals surface area contributed by atoms with Crippen LogP contribution in [0.5, 0.6) is 5.75 Å². The van der Waals surface area contributed by atoms with Gasteiger partial charge in [-0.1, -0.05) is 0 Å². The monoisotopic (exact) mass is 391 g/mol. The van der Waals surface area contributed by atoms with Crippen molar-refractivity contribution in [1.82, 2.24) is 15.2 Å². The summed E-state index contributed by atoms with van der Waals surface area (Å²) in [6.45, 7) is 2.03. The molecule has 0 spiro atoms. The average molecular weight is 391 g/mol. The second kappa shape index (κ2) is 9.16. The molecule has 0 saturated carbocycles. The Labute approximate surface area is 163 Å². The minimum Gasteiger partial charge on any atom is -0.497 e. The highest BCUT2D eigenvalue weighted by Crippen LogP contribution is 2.19. The van der Waals surface area contributed by atoms with Crippen LogP contribution in [-0.2, 0) is 11.3 Å². The van der Waals surface area contributed by atoms with Crippen LogP contribution in [0.15, 0.2) is 29.1 Å². The molecular formula is C19H25N3O4S. The number of aliphatic hydroxyl groups is 1. The average Bonchev–Trinajstić information content (AvgIpc) is 3.19. The van der Waals surface area contributed by atoms with Crippen molar-refractivity contribution in [3.63, 3.8) is 0 Å². The van der Waals surface area contributed by atoms with Crippen molar-refractivity contribution in [2.24, 2.45) is 0 Å². The first-order valence-electron chi connectivity index (χ1n) is 9.06. The Morgan fingerprint density at radius 1 is 1.48 bits per heavy atom. The van der Waals surface area contributed by atoms with E-state index in [9.17, 15) is 9.90 Å². The Balaban J connectivity index is 1.73. The summed E-state index contributed by atoms with van der Waals surface area (Å²) in [5, 5.41) is 14.0. The second-order valence-corrected chi connectivity index (χ2v) is 6.93. The zero-order valence-corrected chi connectivity index (χ0v) is 16.2. The van der Waals surface area contributed by atoms with Crippen LogP contribution in [0, 0.1) is 0 Å². The molecule has 1 atom stereocenters. The number of aliphatic hydroxyl groups excluding tert-OH is 1. The van der Waals surface area contributed by atoms with Crippen molar-refractivity contribution in [2.75, 3.05) is 33.4 Å². The van der Waals surface area contributed by atoms with Gasteiger partial charge < -0.3 is 29.8 Å². The van der Waals surface area contributed by atoms with Crippen molar-refractivity contribution in [3.8, 4) is 5.75 Å². The van der Waals surface area contributed by atoms with Gasteiger partial charge in [0.05, 0.1) is 31.9 Å². The third-order valence-corrected chi connectivity index (χ3v) is 5.06. The molecule has 8 heteroatoms. The van der Waals surface area contributed by atoms with Crippen LogP contribution in [0.4, 0.5) is 0 Å². The standard InChI is InChI=1S/C19H25N3O4S/c1-25-15-5-4-13-9-14(18(24)21-17(13)10-15)12-22(6-7-23)19(27)20-11-16-3-2-8-26-16/h4-5,9-10,16,23H,2-3,6-8,11-12H2,1H3,(H,20,27)(H,21,24)/t16-/m1/s1. The number of aromatic nitrogens is 1. The minimum atomic E-state index is -0.180. The van der Waals surface area contributed by atoms with Gasteiger partial charge in [-0.2, -0.15) is 0 Å². The SMILES string of the molecule is COc1ccc2cc(CN(CCO)C(=S)NC[C@H]3CCCO3)c(=O)[nH]c2c1. The highest BCUT2D eigenvalue weighted by Gasteiger charge is 2.18. The zero-order valence-electron chi connectivity index (χ0n) is 15.4. The number of aromatic amines is 1. The fourth-order valence-corrected chi connectivity index (χ4v) is 3.41. The van der Waals surface area contributed by atoms with Crippen molar-refractivity contribution in [3.05, 3.63) is 40.2 Å². The molecule has 1 saturated heterocycles. The summed E-state index contributed by atoms with van der Waals surface area (Å²) in [7, 11) is 1.59. The smallest absolute Gasteiger partial charge is 0.253 e. The zero-order chi connectivity index (χ0) is 19.2. The van der Waals surface area contributed by atoms with E-state index in [1.54, 1.807) is 18.1 Å². The van der Waals surface area contributed by atoms with Gasteiger partial charge in [-0.05, 0) is 48.6 Å². The molecule has 7 nitrogen and oxygen atoms in total. The summed E-state index contributed by atoms with van der Waals surface area (Å²) in [4.78, 5) is 17.2. The molecule has 1 aromatic heterocycles. The van der Waals surface area contributed by atoms with Crippen molar-refractivity contribution < 1.29 is 14.6 Å². The van der Waals surface area contributed by atoms with E-state index >= 15 is 0 Å². The molecule has 0 unspecified atom stereocenters. The highest BCUT2D eigenvalue weighted by atomic mass is 32.1. The van der Waals surface area contributed by atoms with Crippen molar-refractivity contribution in [1.29, 1.82) is 0 Å². The Kier molecular flexibility index (Phi) is 6.65. The van der Waals surface area contributed by atoms with Gasteiger partial charge in [0.25, 0.3) is 5.56 Å². The van der Waals surface area contributed by atoms with E-state index in [1.165, 1.54) is 0 Å². The van der Waals surface area contributed by atoms with Gasteiger partial charge in [-0.25, -0.2) is 0 Å². The summed E-state index contributed by atoms with van der Waals surface area (Å²) in [5.74, 6) is 0.687. The third-order valence-electron chi connectivity index (χ3n) is 4.65. The fraction of sp³-hybridized carbons (Fsp3) is 0.474. The number of nitrogens with zero attached hydrogens (tertiary/aromatic N) is 1. The molecule has 27 heavy (non-hydrogen) atoms. The third kappa shape index (κ3) is 4.97. The fourth-order valence-electron chi connectivity index (χ4n) is 3.17. The van der Waals surface area contributed by atoms with E-state index in [2.05, 4.69) is 10.3 Å². The number of benzene rings is 1. The lowest BCUT2D eigenvalue weighted by Crippen LogP contribution is -2.44. The molecule has 0 radical (unpaired) electrons. The quantitative estimate of drug-likeness (QED) is 0.615. The van der Waals surface area contributed by atoms with Crippen LogP contribution < -0.4 is 15.6 Å². The van der Waals surface area contributed by atoms with Gasteiger partial charge in [-0.3, -0.25) is 4.79 Å². The maximum atomic E-state index is 12.5. The number of rotatable bonds is 7. The lowest BCUT2D eigenvalue weighted by atomic mass is 10.1. The molecule has 1 aliphatic rings. The van der Waals surface area contributed by atoms with Crippen LogP contribution in [0.2, 0.25) is 0 Å². The number of H-pyrrole nitrogens is 1. The Bertz CT molecular complexity index is 848. The molecule has 2 heterocycles. The summed E-state index contributed by atoms with van der Waals surface area (Å²) < 4.78 is 10.8. The molecule has 1 aromatic carbocycles. The number of hydrogen-bond acceptors (Lipinski definition) is 5. The first-order chi connectivity index (χ1) is 13.1. The molecule has 0 bridgehead atoms. The van der Waals surface area contributed by atoms with E-state index < -0.39 is 0 Å². The van der Waals surface area contributed by atoms with Gasteiger partial charge in [0.15, 0.2) is 5.11 Å². The minimum absolute atomic E-state index is 0.0512. The van der Waals surface area contributed by atoms with E-state index in [1.807, 2.05) is 18.2 Å². The van der Waals surface area contributed by atoms with Gasteiger partial charge in [-0.15, -0.1) is 0 Å². The Morgan fingerprint density at radius 3 is 3.04 bits per heavy atom. The normalized spacial score (nSPS) is 16.4. The molecule has 1 aliphatic heterocycles. The predicted octanol–water partition coefficient (Wildman–Crippen LogP) is 1.38.